The van der Waals surface area contributed by atoms with Crippen LogP contribution in [0.3, 0.4) is 0 Å². The molecule has 0 radical (unpaired) electrons. The van der Waals surface area contributed by atoms with E-state index in [0.717, 1.165) is 4.90 Å². The highest BCUT2D eigenvalue weighted by molar-refractivity contribution is 6.33. The number of ether oxygens (including phenoxy) is 1. The van der Waals surface area contributed by atoms with E-state index in [1.807, 2.05) is 6.08 Å². The van der Waals surface area contributed by atoms with Crippen LogP contribution in [0.4, 0.5) is 19.0 Å². The number of nitrogens with one attached hydrogen (secondary N) is 1. The van der Waals surface area contributed by atoms with Gasteiger partial charge in [0.05, 0.1) is 40.9 Å². The van der Waals surface area contributed by atoms with Crippen LogP contribution in [0, 0.1) is 23.7 Å². The molecule has 2 aliphatic carbocycles. The Labute approximate surface area is 287 Å². The third kappa shape index (κ3) is 4.80. The number of allylic oxidation sites excluding steroid dienone is 2. The lowest BCUT2D eigenvalue weighted by Crippen LogP contribution is -2.53. The van der Waals surface area contributed by atoms with Gasteiger partial charge in [-0.2, -0.15) is 18.2 Å². The number of amides is 4. The van der Waals surface area contributed by atoms with Crippen molar-refractivity contribution < 1.29 is 42.2 Å². The number of hydrazine groups is 1. The molecule has 2 N–H and O–H groups in total. The SMILES string of the molecule is COc1ccc(C2C3=CCC4C(=O)N(C)C(=O)C4C3CC3C(=O)N(Nc4ncc(C(F)(F)F)cc4Cl)C(=O)C32c2ccc(Cl)cc2)c(O)c1. The highest BCUT2D eigenvalue weighted by atomic mass is 35.5. The van der Waals surface area contributed by atoms with Gasteiger partial charge in [0.15, 0.2) is 5.82 Å². The minimum absolute atomic E-state index is 0.0349. The van der Waals surface area contributed by atoms with Gasteiger partial charge in [0.25, 0.3) is 11.8 Å². The first-order valence-corrected chi connectivity index (χ1v) is 16.0. The number of methoxy groups -OCH3 is 1. The number of hydrogen-bond donors (Lipinski definition) is 2. The summed E-state index contributed by atoms with van der Waals surface area (Å²) in [6.07, 6.45) is -2.24. The van der Waals surface area contributed by atoms with Crippen molar-refractivity contribution in [2.45, 2.75) is 30.4 Å². The number of imide groups is 2. The van der Waals surface area contributed by atoms with Gasteiger partial charge in [0.1, 0.15) is 11.5 Å². The number of rotatable bonds is 5. The summed E-state index contributed by atoms with van der Waals surface area (Å²) in [7, 11) is 2.83. The van der Waals surface area contributed by atoms with Crippen LogP contribution in [0.15, 0.2) is 66.4 Å². The number of carbonyl (C=O) groups is 4. The minimum Gasteiger partial charge on any atom is -0.508 e. The summed E-state index contributed by atoms with van der Waals surface area (Å²) in [5.74, 6) is -7.03. The van der Waals surface area contributed by atoms with Crippen molar-refractivity contribution in [1.29, 1.82) is 0 Å². The number of aromatic nitrogens is 1. The average Bonchev–Trinajstić information content (AvgIpc) is 3.42. The first-order chi connectivity index (χ1) is 23.2. The third-order valence-electron chi connectivity index (χ3n) is 10.3. The van der Waals surface area contributed by atoms with Crippen LogP contribution in [-0.4, -0.2) is 57.8 Å². The molecule has 6 unspecified atom stereocenters. The van der Waals surface area contributed by atoms with E-state index in [-0.39, 0.29) is 35.9 Å². The second kappa shape index (κ2) is 11.5. The van der Waals surface area contributed by atoms with Crippen LogP contribution in [0.25, 0.3) is 0 Å². The van der Waals surface area contributed by atoms with Gasteiger partial charge in [-0.25, -0.2) is 4.98 Å². The zero-order valence-corrected chi connectivity index (χ0v) is 27.3. The van der Waals surface area contributed by atoms with Crippen LogP contribution in [0.2, 0.25) is 10.0 Å². The van der Waals surface area contributed by atoms with Crippen LogP contribution >= 0.6 is 23.2 Å². The van der Waals surface area contributed by atoms with E-state index in [0.29, 0.717) is 39.2 Å². The average molecular weight is 716 g/mol. The van der Waals surface area contributed by atoms with Crippen molar-refractivity contribution in [2.75, 3.05) is 19.6 Å². The number of fused-ring (bicyclic) bond motifs is 4. The molecule has 2 aromatic carbocycles. The zero-order chi connectivity index (χ0) is 35.2. The summed E-state index contributed by atoms with van der Waals surface area (Å²) in [5.41, 5.74) is 0.888. The number of nitrogens with zero attached hydrogens (tertiary/aromatic N) is 3. The third-order valence-corrected chi connectivity index (χ3v) is 10.9. The quantitative estimate of drug-likeness (QED) is 0.253. The topological polar surface area (TPSA) is 129 Å². The van der Waals surface area contributed by atoms with Gasteiger partial charge in [-0.15, -0.1) is 0 Å². The Morgan fingerprint density at radius 2 is 1.71 bits per heavy atom. The lowest BCUT2D eigenvalue weighted by Gasteiger charge is -2.50. The molecule has 7 rings (SSSR count). The normalized spacial score (nSPS) is 27.9. The number of benzene rings is 2. The van der Waals surface area contributed by atoms with E-state index in [2.05, 4.69) is 10.4 Å². The monoisotopic (exact) mass is 714 g/mol. The Morgan fingerprint density at radius 1 is 1.00 bits per heavy atom. The van der Waals surface area contributed by atoms with Crippen molar-refractivity contribution in [1.82, 2.24) is 14.9 Å². The van der Waals surface area contributed by atoms with Crippen molar-refractivity contribution >= 4 is 52.6 Å². The Bertz CT molecular complexity index is 1970. The fourth-order valence-corrected chi connectivity index (χ4v) is 8.51. The molecule has 254 valence electrons. The van der Waals surface area contributed by atoms with Crippen molar-refractivity contribution in [3.8, 4) is 11.5 Å². The summed E-state index contributed by atoms with van der Waals surface area (Å²) in [6, 6.07) is 11.5. The number of halogens is 5. The summed E-state index contributed by atoms with van der Waals surface area (Å²) >= 11 is 12.5. The fraction of sp³-hybridized carbons (Fsp3) is 0.324. The fourth-order valence-electron chi connectivity index (χ4n) is 8.18. The van der Waals surface area contributed by atoms with Crippen LogP contribution in [-0.2, 0) is 30.8 Å². The second-order valence-corrected chi connectivity index (χ2v) is 13.4. The highest BCUT2D eigenvalue weighted by Crippen LogP contribution is 2.65. The van der Waals surface area contributed by atoms with Crippen LogP contribution in [0.1, 0.15) is 35.4 Å². The summed E-state index contributed by atoms with van der Waals surface area (Å²) in [4.78, 5) is 61.2. The maximum absolute atomic E-state index is 15.1. The van der Waals surface area contributed by atoms with E-state index >= 15 is 4.79 Å². The Kier molecular flexibility index (Phi) is 7.71. The number of phenolic OH excluding ortho intramolecular Hbond substituents is 1. The molecule has 4 amide bonds. The maximum Gasteiger partial charge on any atom is 0.417 e. The number of pyridine rings is 1. The molecule has 3 fully saturated rings. The van der Waals surface area contributed by atoms with Gasteiger partial charge in [-0.05, 0) is 48.6 Å². The molecule has 0 spiro atoms. The van der Waals surface area contributed by atoms with Crippen LogP contribution in [0.5, 0.6) is 11.5 Å². The van der Waals surface area contributed by atoms with Gasteiger partial charge < -0.3 is 9.84 Å². The second-order valence-electron chi connectivity index (χ2n) is 12.6. The smallest absolute Gasteiger partial charge is 0.417 e. The van der Waals surface area contributed by atoms with Gasteiger partial charge in [0.2, 0.25) is 11.8 Å². The van der Waals surface area contributed by atoms with E-state index in [4.69, 9.17) is 27.9 Å². The largest absolute Gasteiger partial charge is 0.508 e. The first-order valence-electron chi connectivity index (χ1n) is 15.2. The maximum atomic E-state index is 15.1. The standard InChI is InChI=1S/C34H27Cl2F3N4O6/c1-42-29(45)21-10-9-19-22(26(21)31(42)47)13-23-30(46)43(41-28-24(36)11-16(14-40-28)34(37,38)39)32(48)33(23,15-3-5-17(35)6-4-15)27(19)20-8-7-18(49-2)12-25(20)44/h3-9,11-12,14,21-23,26-27,44H,10,13H2,1-2H3,(H,40,41). The summed E-state index contributed by atoms with van der Waals surface area (Å²) in [5, 5.41) is 12.0. The van der Waals surface area contributed by atoms with E-state index in [1.54, 1.807) is 36.4 Å². The van der Waals surface area contributed by atoms with Crippen molar-refractivity contribution in [2.24, 2.45) is 23.7 Å². The summed E-state index contributed by atoms with van der Waals surface area (Å²) in [6.45, 7) is 0. The number of phenols is 1. The molecule has 4 aliphatic rings. The zero-order valence-electron chi connectivity index (χ0n) is 25.8. The molecule has 15 heteroatoms. The first kappa shape index (κ1) is 32.9. The number of aromatic hydroxyl groups is 1. The molecule has 1 aromatic heterocycles. The molecule has 49 heavy (non-hydrogen) atoms. The highest BCUT2D eigenvalue weighted by Gasteiger charge is 2.70. The van der Waals surface area contributed by atoms with Gasteiger partial charge in [0, 0.05) is 35.8 Å². The van der Waals surface area contributed by atoms with E-state index in [9.17, 15) is 32.7 Å². The van der Waals surface area contributed by atoms with Gasteiger partial charge in [-0.1, -0.05) is 53.1 Å². The van der Waals surface area contributed by atoms with Gasteiger partial charge in [-0.3, -0.25) is 29.5 Å². The van der Waals surface area contributed by atoms with Crippen molar-refractivity contribution in [3.63, 3.8) is 0 Å². The minimum atomic E-state index is -4.75. The molecule has 2 aliphatic heterocycles. The predicted molar refractivity (Wildman–Crippen MR) is 169 cm³/mol. The molecule has 3 aromatic rings. The molecular weight excluding hydrogens is 688 g/mol. The molecule has 6 atom stereocenters. The van der Waals surface area contributed by atoms with E-state index in [1.165, 1.54) is 20.2 Å². The number of likely N-dealkylation sites (tertiary alicyclic amines) is 1. The lowest BCUT2D eigenvalue weighted by atomic mass is 9.49. The molecular formula is C34H27Cl2F3N4O6. The number of carbonyl (C=O) groups excluding carboxylic acids is 4. The van der Waals surface area contributed by atoms with Gasteiger partial charge >= 0.3 is 6.18 Å². The lowest BCUT2D eigenvalue weighted by molar-refractivity contribution is -0.140. The predicted octanol–water partition coefficient (Wildman–Crippen LogP) is 5.74. The molecule has 2 saturated heterocycles. The number of anilines is 1. The number of alkyl halides is 3. The van der Waals surface area contributed by atoms with E-state index < -0.39 is 69.5 Å². The Hall–Kier alpha value is -4.62. The van der Waals surface area contributed by atoms with Crippen LogP contribution < -0.4 is 10.2 Å². The summed E-state index contributed by atoms with van der Waals surface area (Å²) < 4.78 is 45.4. The van der Waals surface area contributed by atoms with Crippen molar-refractivity contribution in [3.05, 3.63) is 93.1 Å². The molecule has 0 bridgehead atoms. The number of hydrogen-bond acceptors (Lipinski definition) is 8. The Morgan fingerprint density at radius 3 is 2.35 bits per heavy atom. The molecule has 3 heterocycles. The Balaban J connectivity index is 1.45. The molecule has 1 saturated carbocycles. The molecule has 10 nitrogen and oxygen atoms in total.